The van der Waals surface area contributed by atoms with Gasteiger partial charge in [-0.15, -0.1) is 0 Å². The molecule has 2 aliphatic carbocycles. The maximum absolute atomic E-state index is 12.6. The normalized spacial score (nSPS) is 39.1. The number of piperidine rings is 1. The summed E-state index contributed by atoms with van der Waals surface area (Å²) < 4.78 is 5.64. The first-order valence-corrected chi connectivity index (χ1v) is 9.37. The van der Waals surface area contributed by atoms with E-state index in [0.717, 1.165) is 38.6 Å². The van der Waals surface area contributed by atoms with Crippen LogP contribution in [-0.4, -0.2) is 35.1 Å². The number of nitrogens with zero attached hydrogens (tertiary/aromatic N) is 1. The largest absolute Gasteiger partial charge is 0.444 e. The fourth-order valence-corrected chi connectivity index (χ4v) is 5.04. The molecule has 3 aliphatic rings. The Balaban J connectivity index is 1.60. The van der Waals surface area contributed by atoms with Gasteiger partial charge in [0.1, 0.15) is 5.60 Å². The smallest absolute Gasteiger partial charge is 0.410 e. The van der Waals surface area contributed by atoms with Crippen molar-refractivity contribution in [1.82, 2.24) is 4.90 Å². The van der Waals surface area contributed by atoms with E-state index in [0.29, 0.717) is 23.3 Å². The summed E-state index contributed by atoms with van der Waals surface area (Å²) in [5.74, 6) is 1.02. The van der Waals surface area contributed by atoms with E-state index in [1.165, 1.54) is 6.42 Å². The minimum atomic E-state index is -0.453. The monoisotopic (exact) mass is 336 g/mol. The number of nitrogens with two attached hydrogens (primary N) is 1. The van der Waals surface area contributed by atoms with Crippen LogP contribution in [0.3, 0.4) is 0 Å². The van der Waals surface area contributed by atoms with Crippen LogP contribution in [-0.2, 0) is 9.53 Å². The molecular formula is C19H32N2O3. The van der Waals surface area contributed by atoms with Crippen molar-refractivity contribution in [2.75, 3.05) is 6.54 Å². The summed E-state index contributed by atoms with van der Waals surface area (Å²) in [6.45, 7) is 8.77. The van der Waals surface area contributed by atoms with E-state index in [9.17, 15) is 9.59 Å². The summed E-state index contributed by atoms with van der Waals surface area (Å²) in [5.41, 5.74) is 5.29. The Morgan fingerprint density at radius 3 is 2.29 bits per heavy atom. The van der Waals surface area contributed by atoms with Crippen LogP contribution < -0.4 is 5.73 Å². The quantitative estimate of drug-likeness (QED) is 0.841. The van der Waals surface area contributed by atoms with Crippen molar-refractivity contribution in [1.29, 1.82) is 0 Å². The zero-order valence-electron chi connectivity index (χ0n) is 15.5. The summed E-state index contributed by atoms with van der Waals surface area (Å²) in [4.78, 5) is 25.9. The highest BCUT2D eigenvalue weighted by Crippen LogP contribution is 2.62. The Bertz CT molecular complexity index is 511. The van der Waals surface area contributed by atoms with Crippen molar-refractivity contribution < 1.29 is 14.3 Å². The van der Waals surface area contributed by atoms with Gasteiger partial charge in [-0.3, -0.25) is 4.79 Å². The average Bonchev–Trinajstić information content (AvgIpc) is 2.34. The van der Waals surface area contributed by atoms with Gasteiger partial charge in [-0.1, -0.05) is 6.92 Å². The lowest BCUT2D eigenvalue weighted by Crippen LogP contribution is -2.59. The number of rotatable bonds is 2. The van der Waals surface area contributed by atoms with Gasteiger partial charge in [0.2, 0.25) is 5.91 Å². The van der Waals surface area contributed by atoms with Crippen LogP contribution in [0.4, 0.5) is 4.79 Å². The van der Waals surface area contributed by atoms with Crippen molar-refractivity contribution in [3.05, 3.63) is 0 Å². The molecule has 3 rings (SSSR count). The summed E-state index contributed by atoms with van der Waals surface area (Å²) in [7, 11) is 0. The Morgan fingerprint density at radius 1 is 1.12 bits per heavy atom. The molecule has 0 aromatic rings. The van der Waals surface area contributed by atoms with Crippen LogP contribution in [0.15, 0.2) is 0 Å². The molecule has 2 N–H and O–H groups in total. The average molecular weight is 336 g/mol. The molecule has 0 unspecified atom stereocenters. The van der Waals surface area contributed by atoms with Crippen LogP contribution in [0.5, 0.6) is 0 Å². The lowest BCUT2D eigenvalue weighted by atomic mass is 9.46. The second-order valence-electron chi connectivity index (χ2n) is 9.56. The number of primary amides is 1. The summed E-state index contributed by atoms with van der Waals surface area (Å²) in [5, 5.41) is 0. The van der Waals surface area contributed by atoms with Gasteiger partial charge >= 0.3 is 6.09 Å². The maximum atomic E-state index is 12.6. The van der Waals surface area contributed by atoms with Crippen LogP contribution >= 0.6 is 0 Å². The van der Waals surface area contributed by atoms with Gasteiger partial charge in [0.05, 0.1) is 0 Å². The number of carbonyl (C=O) groups is 2. The van der Waals surface area contributed by atoms with Gasteiger partial charge in [-0.25, -0.2) is 4.79 Å². The van der Waals surface area contributed by atoms with E-state index in [2.05, 4.69) is 6.92 Å². The summed E-state index contributed by atoms with van der Waals surface area (Å²) in [6, 6.07) is 0.300. The minimum absolute atomic E-state index is 0.0827. The van der Waals surface area contributed by atoms with Gasteiger partial charge < -0.3 is 15.4 Å². The van der Waals surface area contributed by atoms with Crippen LogP contribution in [0.1, 0.15) is 66.2 Å². The van der Waals surface area contributed by atoms with Crippen LogP contribution in [0.2, 0.25) is 0 Å². The number of amides is 2. The SMILES string of the molecule is C[C@@H]1CC[C@@H](C2CC3(CC(C(N)=O)C3)C2)N(C(=O)OC(C)(C)C)C1. The molecular weight excluding hydrogens is 304 g/mol. The topological polar surface area (TPSA) is 72.6 Å². The molecule has 1 heterocycles. The predicted octanol–water partition coefficient (Wildman–Crippen LogP) is 3.31. The first kappa shape index (κ1) is 17.6. The molecule has 5 nitrogen and oxygen atoms in total. The molecule has 24 heavy (non-hydrogen) atoms. The molecule has 2 saturated carbocycles. The third-order valence-electron chi connectivity index (χ3n) is 6.19. The number of likely N-dealkylation sites (tertiary alicyclic amines) is 1. The van der Waals surface area contributed by atoms with E-state index in [1.807, 2.05) is 25.7 Å². The highest BCUT2D eigenvalue weighted by Gasteiger charge is 2.57. The van der Waals surface area contributed by atoms with Gasteiger partial charge in [-0.05, 0) is 76.5 Å². The van der Waals surface area contributed by atoms with E-state index in [4.69, 9.17) is 10.5 Å². The number of carbonyl (C=O) groups excluding carboxylic acids is 2. The molecule has 3 fully saturated rings. The zero-order valence-corrected chi connectivity index (χ0v) is 15.5. The Labute approximate surface area is 145 Å². The van der Waals surface area contributed by atoms with Crippen molar-refractivity contribution in [2.45, 2.75) is 77.9 Å². The van der Waals surface area contributed by atoms with Crippen molar-refractivity contribution >= 4 is 12.0 Å². The fourth-order valence-electron chi connectivity index (χ4n) is 5.04. The molecule has 0 aromatic heterocycles. The van der Waals surface area contributed by atoms with Gasteiger partial charge in [0.15, 0.2) is 0 Å². The van der Waals surface area contributed by atoms with Crippen molar-refractivity contribution in [3.8, 4) is 0 Å². The van der Waals surface area contributed by atoms with Crippen LogP contribution in [0, 0.1) is 23.2 Å². The predicted molar refractivity (Wildman–Crippen MR) is 92.2 cm³/mol. The summed E-state index contributed by atoms with van der Waals surface area (Å²) >= 11 is 0. The minimum Gasteiger partial charge on any atom is -0.444 e. The van der Waals surface area contributed by atoms with E-state index in [1.54, 1.807) is 0 Å². The molecule has 0 bridgehead atoms. The van der Waals surface area contributed by atoms with Crippen molar-refractivity contribution in [3.63, 3.8) is 0 Å². The van der Waals surface area contributed by atoms with E-state index in [-0.39, 0.29) is 17.9 Å². The molecule has 136 valence electrons. The lowest BCUT2D eigenvalue weighted by Gasteiger charge is -2.60. The van der Waals surface area contributed by atoms with E-state index >= 15 is 0 Å². The standard InChI is InChI=1S/C19H32N2O3/c1-12-5-6-15(21(11-12)17(23)24-18(2,3)4)13-7-19(8-13)9-14(10-19)16(20)22/h12-15H,5-11H2,1-4H3,(H2,20,22)/t12-,13?,14?,15+,19?/m1/s1. The number of ether oxygens (including phenoxy) is 1. The highest BCUT2D eigenvalue weighted by molar-refractivity contribution is 5.78. The van der Waals surface area contributed by atoms with Crippen LogP contribution in [0.25, 0.3) is 0 Å². The Hall–Kier alpha value is -1.26. The van der Waals surface area contributed by atoms with Crippen molar-refractivity contribution in [2.24, 2.45) is 28.9 Å². The van der Waals surface area contributed by atoms with Gasteiger partial charge in [0.25, 0.3) is 0 Å². The Kier molecular flexibility index (Phi) is 4.33. The van der Waals surface area contributed by atoms with Gasteiger partial charge in [-0.2, -0.15) is 0 Å². The molecule has 1 spiro atoms. The number of hydrogen-bond acceptors (Lipinski definition) is 3. The number of hydrogen-bond donors (Lipinski definition) is 1. The molecule has 2 atom stereocenters. The third-order valence-corrected chi connectivity index (χ3v) is 6.19. The zero-order chi connectivity index (χ0) is 17.7. The molecule has 0 radical (unpaired) electrons. The second kappa shape index (κ2) is 5.92. The third kappa shape index (κ3) is 3.40. The highest BCUT2D eigenvalue weighted by atomic mass is 16.6. The molecule has 0 aromatic carbocycles. The van der Waals surface area contributed by atoms with E-state index < -0.39 is 5.60 Å². The Morgan fingerprint density at radius 2 is 1.75 bits per heavy atom. The first-order valence-electron chi connectivity index (χ1n) is 9.37. The molecule has 1 aliphatic heterocycles. The second-order valence-corrected chi connectivity index (χ2v) is 9.56. The van der Waals surface area contributed by atoms with Gasteiger partial charge in [0, 0.05) is 18.5 Å². The molecule has 1 saturated heterocycles. The summed E-state index contributed by atoms with van der Waals surface area (Å²) in [6.07, 6.45) is 6.26. The maximum Gasteiger partial charge on any atom is 0.410 e. The first-order chi connectivity index (χ1) is 11.1. The molecule has 2 amide bonds. The molecule has 5 heteroatoms. The lowest BCUT2D eigenvalue weighted by molar-refractivity contribution is -0.142. The fraction of sp³-hybridized carbons (Fsp3) is 0.895.